The second kappa shape index (κ2) is 5.12. The van der Waals surface area contributed by atoms with Crippen LogP contribution in [0.2, 0.25) is 0 Å². The van der Waals surface area contributed by atoms with Crippen molar-refractivity contribution < 1.29 is 4.74 Å². The van der Waals surface area contributed by atoms with E-state index in [1.807, 2.05) is 35.7 Å². The number of anilines is 1. The molecule has 0 aliphatic carbocycles. The lowest BCUT2D eigenvalue weighted by atomic mass is 10.3. The predicted molar refractivity (Wildman–Crippen MR) is 74.7 cm³/mol. The second-order valence-corrected chi connectivity index (χ2v) is 4.07. The Bertz CT molecular complexity index is 739. The number of nitrogens with zero attached hydrogens (tertiary/aromatic N) is 5. The van der Waals surface area contributed by atoms with Gasteiger partial charge in [-0.15, -0.1) is 0 Å². The highest BCUT2D eigenvalue weighted by molar-refractivity contribution is 5.57. The van der Waals surface area contributed by atoms with E-state index in [9.17, 15) is 0 Å². The molecule has 7 nitrogen and oxygen atoms in total. The molecule has 0 aliphatic heterocycles. The lowest BCUT2D eigenvalue weighted by Crippen LogP contribution is -2.07. The summed E-state index contributed by atoms with van der Waals surface area (Å²) in [6.07, 6.45) is 3.61. The highest BCUT2D eigenvalue weighted by Gasteiger charge is 2.11. The summed E-state index contributed by atoms with van der Waals surface area (Å²) in [5.74, 6) is 1.03. The lowest BCUT2D eigenvalue weighted by Gasteiger charge is -2.08. The second-order valence-electron chi connectivity index (χ2n) is 4.07. The van der Waals surface area contributed by atoms with Crippen molar-refractivity contribution in [3.05, 3.63) is 30.6 Å². The van der Waals surface area contributed by atoms with E-state index in [-0.39, 0.29) is 6.01 Å². The number of ether oxygens (including phenoxy) is 1. The van der Waals surface area contributed by atoms with E-state index in [4.69, 9.17) is 4.74 Å². The van der Waals surface area contributed by atoms with Gasteiger partial charge in [0.15, 0.2) is 5.82 Å². The fraction of sp³-hybridized carbons (Fsp3) is 0.231. The molecule has 20 heavy (non-hydrogen) atoms. The minimum absolute atomic E-state index is 0.281. The summed E-state index contributed by atoms with van der Waals surface area (Å²) in [5, 5.41) is 3.07. The monoisotopic (exact) mass is 270 g/mol. The third-order valence-electron chi connectivity index (χ3n) is 2.79. The molecule has 0 atom stereocenters. The Hall–Kier alpha value is -2.70. The van der Waals surface area contributed by atoms with Gasteiger partial charge in [-0.1, -0.05) is 6.07 Å². The third-order valence-corrected chi connectivity index (χ3v) is 2.79. The Balaban J connectivity index is 2.17. The van der Waals surface area contributed by atoms with Crippen LogP contribution in [0.3, 0.4) is 0 Å². The van der Waals surface area contributed by atoms with Gasteiger partial charge in [0.2, 0.25) is 5.95 Å². The number of fused-ring (bicyclic) bond motifs is 1. The number of imidazole rings is 1. The van der Waals surface area contributed by atoms with Gasteiger partial charge in [0.1, 0.15) is 5.65 Å². The zero-order valence-electron chi connectivity index (χ0n) is 11.2. The molecule has 0 saturated heterocycles. The van der Waals surface area contributed by atoms with Gasteiger partial charge in [0, 0.05) is 18.9 Å². The predicted octanol–water partition coefficient (Wildman–Crippen LogP) is 1.63. The largest absolute Gasteiger partial charge is 0.467 e. The van der Waals surface area contributed by atoms with Gasteiger partial charge in [0.05, 0.1) is 12.8 Å². The summed E-state index contributed by atoms with van der Waals surface area (Å²) in [7, 11) is 1.53. The van der Waals surface area contributed by atoms with Crippen molar-refractivity contribution in [1.29, 1.82) is 0 Å². The normalized spacial score (nSPS) is 10.7. The molecule has 0 aliphatic rings. The van der Waals surface area contributed by atoms with Crippen LogP contribution in [-0.2, 0) is 0 Å². The van der Waals surface area contributed by atoms with Crippen molar-refractivity contribution in [2.24, 2.45) is 0 Å². The van der Waals surface area contributed by atoms with Gasteiger partial charge < -0.3 is 10.1 Å². The summed E-state index contributed by atoms with van der Waals surface area (Å²) in [6, 6.07) is 6.05. The molecular weight excluding hydrogens is 256 g/mol. The van der Waals surface area contributed by atoms with Crippen LogP contribution in [0, 0.1) is 0 Å². The van der Waals surface area contributed by atoms with Crippen LogP contribution in [0.5, 0.6) is 6.01 Å². The van der Waals surface area contributed by atoms with Gasteiger partial charge >= 0.3 is 6.01 Å². The maximum atomic E-state index is 5.13. The number of hydrogen-bond acceptors (Lipinski definition) is 6. The highest BCUT2D eigenvalue weighted by atomic mass is 16.5. The minimum Gasteiger partial charge on any atom is -0.467 e. The van der Waals surface area contributed by atoms with Crippen molar-refractivity contribution >= 4 is 11.6 Å². The highest BCUT2D eigenvalue weighted by Crippen LogP contribution is 2.19. The molecule has 3 rings (SSSR count). The van der Waals surface area contributed by atoms with Crippen LogP contribution in [-0.4, -0.2) is 38.0 Å². The van der Waals surface area contributed by atoms with Crippen LogP contribution in [0.4, 0.5) is 5.95 Å². The molecule has 0 unspecified atom stereocenters. The number of pyridine rings is 1. The molecule has 0 fully saturated rings. The maximum Gasteiger partial charge on any atom is 0.321 e. The Labute approximate surface area is 115 Å². The number of aromatic nitrogens is 5. The topological polar surface area (TPSA) is 77.2 Å². The first-order valence-corrected chi connectivity index (χ1v) is 6.28. The summed E-state index contributed by atoms with van der Waals surface area (Å²) < 4.78 is 7.05. The molecule has 0 amide bonds. The van der Waals surface area contributed by atoms with Crippen LogP contribution in [0.1, 0.15) is 6.92 Å². The van der Waals surface area contributed by atoms with Crippen LogP contribution in [0.25, 0.3) is 17.2 Å². The number of rotatable bonds is 4. The zero-order valence-corrected chi connectivity index (χ0v) is 11.2. The van der Waals surface area contributed by atoms with E-state index in [2.05, 4.69) is 25.3 Å². The Morgan fingerprint density at radius 2 is 2.15 bits per heavy atom. The van der Waals surface area contributed by atoms with Crippen LogP contribution >= 0.6 is 0 Å². The van der Waals surface area contributed by atoms with E-state index in [0.717, 1.165) is 17.9 Å². The van der Waals surface area contributed by atoms with E-state index in [0.29, 0.717) is 11.8 Å². The smallest absolute Gasteiger partial charge is 0.321 e. The van der Waals surface area contributed by atoms with E-state index in [1.165, 1.54) is 7.11 Å². The fourth-order valence-corrected chi connectivity index (χ4v) is 1.93. The standard InChI is InChI=1S/C13H14N6O/c1-3-14-12-16-11(17-13(18-12)20-2)9-5-4-6-10-15-7-8-19(9)10/h4-8H,3H2,1-2H3,(H,14,16,17,18). The van der Waals surface area contributed by atoms with Crippen molar-refractivity contribution in [2.45, 2.75) is 6.92 Å². The molecule has 7 heteroatoms. The molecule has 3 aromatic rings. The number of nitrogens with one attached hydrogen (secondary N) is 1. The Morgan fingerprint density at radius 3 is 2.95 bits per heavy atom. The van der Waals surface area contributed by atoms with Crippen molar-refractivity contribution in [3.8, 4) is 17.5 Å². The molecule has 0 spiro atoms. The molecule has 1 N–H and O–H groups in total. The number of methoxy groups -OCH3 is 1. The fourth-order valence-electron chi connectivity index (χ4n) is 1.93. The molecule has 3 aromatic heterocycles. The SMILES string of the molecule is CCNc1nc(OC)nc(-c2cccc3nccn23)n1. The first-order chi connectivity index (χ1) is 9.81. The molecular formula is C13H14N6O. The average Bonchev–Trinajstić information content (AvgIpc) is 2.95. The molecule has 3 heterocycles. The molecule has 0 aromatic carbocycles. The van der Waals surface area contributed by atoms with E-state index >= 15 is 0 Å². The average molecular weight is 270 g/mol. The van der Waals surface area contributed by atoms with Crippen LogP contribution < -0.4 is 10.1 Å². The lowest BCUT2D eigenvalue weighted by molar-refractivity contribution is 0.379. The minimum atomic E-state index is 0.281. The maximum absolute atomic E-state index is 5.13. The summed E-state index contributed by atoms with van der Waals surface area (Å²) in [4.78, 5) is 17.1. The summed E-state index contributed by atoms with van der Waals surface area (Å²) in [6.45, 7) is 2.70. The van der Waals surface area contributed by atoms with Crippen molar-refractivity contribution in [1.82, 2.24) is 24.3 Å². The quantitative estimate of drug-likeness (QED) is 0.776. The van der Waals surface area contributed by atoms with E-state index in [1.54, 1.807) is 6.20 Å². The Morgan fingerprint density at radius 1 is 1.25 bits per heavy atom. The third kappa shape index (κ3) is 2.13. The molecule has 0 saturated carbocycles. The zero-order chi connectivity index (χ0) is 13.9. The van der Waals surface area contributed by atoms with Gasteiger partial charge in [0.25, 0.3) is 0 Å². The molecule has 0 radical (unpaired) electrons. The summed E-state index contributed by atoms with van der Waals surface area (Å²) >= 11 is 0. The van der Waals surface area contributed by atoms with E-state index < -0.39 is 0 Å². The summed E-state index contributed by atoms with van der Waals surface area (Å²) in [5.41, 5.74) is 1.67. The molecule has 102 valence electrons. The van der Waals surface area contributed by atoms with Crippen LogP contribution in [0.15, 0.2) is 30.6 Å². The van der Waals surface area contributed by atoms with Gasteiger partial charge in [-0.2, -0.15) is 15.0 Å². The first kappa shape index (κ1) is 12.3. The van der Waals surface area contributed by atoms with Gasteiger partial charge in [-0.25, -0.2) is 4.98 Å². The van der Waals surface area contributed by atoms with Gasteiger partial charge in [-0.05, 0) is 19.1 Å². The Kier molecular flexibility index (Phi) is 3.16. The van der Waals surface area contributed by atoms with Gasteiger partial charge in [-0.3, -0.25) is 4.40 Å². The van der Waals surface area contributed by atoms with Crippen molar-refractivity contribution in [2.75, 3.05) is 19.0 Å². The number of hydrogen-bond donors (Lipinski definition) is 1. The molecule has 0 bridgehead atoms. The van der Waals surface area contributed by atoms with Crippen molar-refractivity contribution in [3.63, 3.8) is 0 Å². The first-order valence-electron chi connectivity index (χ1n) is 6.28.